The van der Waals surface area contributed by atoms with E-state index in [1.165, 1.54) is 0 Å². The molecule has 3 nitrogen and oxygen atoms in total. The summed E-state index contributed by atoms with van der Waals surface area (Å²) in [5.74, 6) is 0.457. The number of hydrogen-bond acceptors (Lipinski definition) is 2. The number of benzene rings is 2. The van der Waals surface area contributed by atoms with Gasteiger partial charge in [0.25, 0.3) is 5.91 Å². The third kappa shape index (κ3) is 5.15. The first-order valence-corrected chi connectivity index (χ1v) is 8.15. The molecule has 0 aliphatic heterocycles. The molecule has 1 N–H and O–H groups in total. The molecule has 1 amide bonds. The fourth-order valence-corrected chi connectivity index (χ4v) is 2.86. The van der Waals surface area contributed by atoms with E-state index >= 15 is 0 Å². The number of carbonyl (C=O) groups is 1. The largest absolute Gasteiger partial charge is 0.481 e. The molecule has 0 aromatic heterocycles. The lowest BCUT2D eigenvalue weighted by Crippen LogP contribution is -2.32. The molecule has 0 aliphatic carbocycles. The predicted octanol–water partition coefficient (Wildman–Crippen LogP) is 5.41. The number of ether oxygens (including phenoxy) is 1. The average Bonchev–Trinajstić information content (AvgIpc) is 2.42. The van der Waals surface area contributed by atoms with E-state index in [1.54, 1.807) is 18.2 Å². The summed E-state index contributed by atoms with van der Waals surface area (Å²) in [5.41, 5.74) is 2.74. The molecular weight excluding hydrogens is 333 g/mol. The van der Waals surface area contributed by atoms with Crippen molar-refractivity contribution in [2.45, 2.75) is 33.3 Å². The van der Waals surface area contributed by atoms with Gasteiger partial charge in [-0.2, -0.15) is 0 Å². The summed E-state index contributed by atoms with van der Waals surface area (Å²) >= 11 is 11.9. The summed E-state index contributed by atoms with van der Waals surface area (Å²) < 4.78 is 5.84. The van der Waals surface area contributed by atoms with Crippen molar-refractivity contribution in [1.82, 2.24) is 0 Å². The standard InChI is InChI=1S/C18H19Cl2NO2/c1-4-17(23-16-6-11(2)5-12(3)7-16)18(22)21-15-9-13(19)8-14(20)10-15/h5-10,17H,4H2,1-3H3,(H,21,22). The van der Waals surface area contributed by atoms with Gasteiger partial charge in [-0.3, -0.25) is 4.79 Å². The Morgan fingerprint density at radius 3 is 2.13 bits per heavy atom. The van der Waals surface area contributed by atoms with E-state index < -0.39 is 6.10 Å². The molecule has 1 atom stereocenters. The summed E-state index contributed by atoms with van der Waals surface area (Å²) in [7, 11) is 0. The third-order valence-electron chi connectivity index (χ3n) is 3.27. The molecule has 0 radical (unpaired) electrons. The topological polar surface area (TPSA) is 38.3 Å². The highest BCUT2D eigenvalue weighted by atomic mass is 35.5. The molecule has 23 heavy (non-hydrogen) atoms. The SMILES string of the molecule is CCC(Oc1cc(C)cc(C)c1)C(=O)Nc1cc(Cl)cc(Cl)c1. The van der Waals surface area contributed by atoms with Crippen molar-refractivity contribution < 1.29 is 9.53 Å². The van der Waals surface area contributed by atoms with Gasteiger partial charge in [0.1, 0.15) is 5.75 Å². The van der Waals surface area contributed by atoms with E-state index in [2.05, 4.69) is 11.4 Å². The zero-order chi connectivity index (χ0) is 17.0. The molecule has 2 aromatic carbocycles. The minimum Gasteiger partial charge on any atom is -0.481 e. The van der Waals surface area contributed by atoms with Gasteiger partial charge in [-0.25, -0.2) is 0 Å². The van der Waals surface area contributed by atoms with Crippen LogP contribution in [0, 0.1) is 13.8 Å². The van der Waals surface area contributed by atoms with Gasteiger partial charge in [-0.15, -0.1) is 0 Å². The first kappa shape index (κ1) is 17.6. The van der Waals surface area contributed by atoms with Crippen LogP contribution in [0.15, 0.2) is 36.4 Å². The Balaban J connectivity index is 2.11. The Morgan fingerprint density at radius 2 is 1.61 bits per heavy atom. The summed E-state index contributed by atoms with van der Waals surface area (Å²) in [5, 5.41) is 3.73. The number of nitrogens with one attached hydrogen (secondary N) is 1. The lowest BCUT2D eigenvalue weighted by atomic mass is 10.1. The highest BCUT2D eigenvalue weighted by molar-refractivity contribution is 6.35. The molecule has 0 spiro atoms. The molecule has 2 rings (SSSR count). The zero-order valence-electron chi connectivity index (χ0n) is 13.3. The van der Waals surface area contributed by atoms with Crippen molar-refractivity contribution in [3.8, 4) is 5.75 Å². The van der Waals surface area contributed by atoms with Crippen LogP contribution in [0.25, 0.3) is 0 Å². The van der Waals surface area contributed by atoms with Crippen molar-refractivity contribution in [2.24, 2.45) is 0 Å². The van der Waals surface area contributed by atoms with Crippen LogP contribution in [0.1, 0.15) is 24.5 Å². The Hall–Kier alpha value is -1.71. The van der Waals surface area contributed by atoms with Crippen LogP contribution in [-0.4, -0.2) is 12.0 Å². The number of anilines is 1. The van der Waals surface area contributed by atoms with Crippen molar-refractivity contribution in [3.63, 3.8) is 0 Å². The lowest BCUT2D eigenvalue weighted by molar-refractivity contribution is -0.122. The second-order valence-corrected chi connectivity index (χ2v) is 6.36. The minimum atomic E-state index is -0.589. The number of rotatable bonds is 5. The molecule has 0 saturated heterocycles. The number of hydrogen-bond donors (Lipinski definition) is 1. The highest BCUT2D eigenvalue weighted by Gasteiger charge is 2.19. The Labute approximate surface area is 146 Å². The van der Waals surface area contributed by atoms with Crippen molar-refractivity contribution in [3.05, 3.63) is 57.6 Å². The summed E-state index contributed by atoms with van der Waals surface area (Å²) in [6, 6.07) is 10.8. The predicted molar refractivity (Wildman–Crippen MR) is 95.7 cm³/mol. The van der Waals surface area contributed by atoms with E-state index in [1.807, 2.05) is 32.9 Å². The second kappa shape index (κ2) is 7.71. The molecule has 0 bridgehead atoms. The van der Waals surface area contributed by atoms with Gasteiger partial charge in [0, 0.05) is 15.7 Å². The molecule has 0 aliphatic rings. The maximum atomic E-state index is 12.4. The Bertz CT molecular complexity index is 676. The summed E-state index contributed by atoms with van der Waals surface area (Å²) in [6.45, 7) is 5.89. The summed E-state index contributed by atoms with van der Waals surface area (Å²) in [6.07, 6.45) is -0.0402. The molecular formula is C18H19Cl2NO2. The first-order chi connectivity index (χ1) is 10.9. The lowest BCUT2D eigenvalue weighted by Gasteiger charge is -2.18. The van der Waals surface area contributed by atoms with Crippen molar-refractivity contribution in [2.75, 3.05) is 5.32 Å². The van der Waals surface area contributed by atoms with Crippen LogP contribution >= 0.6 is 23.2 Å². The third-order valence-corrected chi connectivity index (χ3v) is 3.70. The molecule has 1 unspecified atom stereocenters. The van der Waals surface area contributed by atoms with Gasteiger partial charge in [0.2, 0.25) is 0 Å². The molecule has 0 heterocycles. The van der Waals surface area contributed by atoms with Crippen LogP contribution in [0.3, 0.4) is 0 Å². The van der Waals surface area contributed by atoms with Crippen LogP contribution in [0.2, 0.25) is 10.0 Å². The number of carbonyl (C=O) groups excluding carboxylic acids is 1. The van der Waals surface area contributed by atoms with Gasteiger partial charge in [0.15, 0.2) is 6.10 Å². The number of amides is 1. The maximum Gasteiger partial charge on any atom is 0.265 e. The quantitative estimate of drug-likeness (QED) is 0.782. The van der Waals surface area contributed by atoms with E-state index in [4.69, 9.17) is 27.9 Å². The Morgan fingerprint density at radius 1 is 1.04 bits per heavy atom. The van der Waals surface area contributed by atoms with E-state index in [-0.39, 0.29) is 5.91 Å². The maximum absolute atomic E-state index is 12.4. The summed E-state index contributed by atoms with van der Waals surface area (Å²) in [4.78, 5) is 12.4. The van der Waals surface area contributed by atoms with E-state index in [9.17, 15) is 4.79 Å². The molecule has 0 fully saturated rings. The van der Waals surface area contributed by atoms with Crippen LogP contribution < -0.4 is 10.1 Å². The van der Waals surface area contributed by atoms with E-state index in [0.29, 0.717) is 27.9 Å². The van der Waals surface area contributed by atoms with Gasteiger partial charge in [0.05, 0.1) is 0 Å². The van der Waals surface area contributed by atoms with Crippen LogP contribution in [0.4, 0.5) is 5.69 Å². The van der Waals surface area contributed by atoms with Crippen LogP contribution in [0.5, 0.6) is 5.75 Å². The molecule has 122 valence electrons. The minimum absolute atomic E-state index is 0.231. The van der Waals surface area contributed by atoms with Crippen molar-refractivity contribution in [1.29, 1.82) is 0 Å². The van der Waals surface area contributed by atoms with Crippen molar-refractivity contribution >= 4 is 34.8 Å². The Kier molecular flexibility index (Phi) is 5.91. The van der Waals surface area contributed by atoms with E-state index in [0.717, 1.165) is 11.1 Å². The molecule has 0 saturated carbocycles. The fourth-order valence-electron chi connectivity index (χ4n) is 2.34. The van der Waals surface area contributed by atoms with Gasteiger partial charge in [-0.1, -0.05) is 36.2 Å². The number of aryl methyl sites for hydroxylation is 2. The zero-order valence-corrected chi connectivity index (χ0v) is 14.8. The second-order valence-electron chi connectivity index (χ2n) is 5.49. The normalized spacial score (nSPS) is 11.9. The molecule has 2 aromatic rings. The number of halogens is 2. The average molecular weight is 352 g/mol. The monoisotopic (exact) mass is 351 g/mol. The first-order valence-electron chi connectivity index (χ1n) is 7.39. The van der Waals surface area contributed by atoms with Gasteiger partial charge < -0.3 is 10.1 Å². The molecule has 5 heteroatoms. The van der Waals surface area contributed by atoms with Gasteiger partial charge >= 0.3 is 0 Å². The van der Waals surface area contributed by atoms with Gasteiger partial charge in [-0.05, 0) is 61.7 Å². The van der Waals surface area contributed by atoms with Crippen LogP contribution in [-0.2, 0) is 4.79 Å². The highest BCUT2D eigenvalue weighted by Crippen LogP contribution is 2.23. The fraction of sp³-hybridized carbons (Fsp3) is 0.278. The smallest absolute Gasteiger partial charge is 0.265 e.